The molecule has 4 aliphatic heterocycles. The first-order valence-corrected chi connectivity index (χ1v) is 30.0. The van der Waals surface area contributed by atoms with Crippen LogP contribution >= 0.6 is 46.1 Å². The molecule has 464 valence electrons. The van der Waals surface area contributed by atoms with Crippen molar-refractivity contribution in [3.8, 4) is 40.9 Å². The Morgan fingerprint density at radius 3 is 2.24 bits per heavy atom. The molecule has 19 atom stereocenters. The summed E-state index contributed by atoms with van der Waals surface area (Å²) in [5, 5.41) is 62.2. The van der Waals surface area contributed by atoms with Crippen molar-refractivity contribution >= 4 is 68.2 Å². The molecule has 4 heterocycles. The zero-order valence-electron chi connectivity index (χ0n) is 48.2. The van der Waals surface area contributed by atoms with Crippen molar-refractivity contribution in [1.29, 1.82) is 0 Å². The minimum absolute atomic E-state index is 0.0117. The van der Waals surface area contributed by atoms with Gasteiger partial charge < -0.3 is 87.7 Å². The third kappa shape index (κ3) is 15.3. The van der Waals surface area contributed by atoms with Gasteiger partial charge in [-0.05, 0) is 74.5 Å². The smallest absolute Gasteiger partial charge is 0.411 e. The van der Waals surface area contributed by atoms with E-state index < -0.39 is 133 Å². The lowest BCUT2D eigenvalue weighted by Gasteiger charge is -2.46. The lowest BCUT2D eigenvalue weighted by molar-refractivity contribution is -0.336. The first-order valence-electron chi connectivity index (χ1n) is 27.1. The fourth-order valence-corrected chi connectivity index (χ4v) is 12.8. The predicted octanol–water partition coefficient (Wildman–Crippen LogP) is 1.82. The number of fused-ring (bicyclic) bond motifs is 2. The molecule has 0 aromatic heterocycles. The van der Waals surface area contributed by atoms with E-state index in [1.54, 1.807) is 34.8 Å². The second-order valence-corrected chi connectivity index (χ2v) is 23.8. The number of aliphatic hydroxyl groups is 5. The van der Waals surface area contributed by atoms with Gasteiger partial charge in [-0.1, -0.05) is 60.2 Å². The predicted molar refractivity (Wildman–Crippen MR) is 309 cm³/mol. The van der Waals surface area contributed by atoms with Gasteiger partial charge in [-0.15, -0.1) is 0 Å². The second kappa shape index (κ2) is 30.3. The normalized spacial score (nSPS) is 35.9. The van der Waals surface area contributed by atoms with Gasteiger partial charge in [-0.3, -0.25) is 24.5 Å². The van der Waals surface area contributed by atoms with Crippen molar-refractivity contribution in [2.24, 2.45) is 0 Å². The third-order valence-corrected chi connectivity index (χ3v) is 18.3. The number of methoxy groups -OCH3 is 5. The number of likely N-dealkylation sites (N-methyl/N-ethyl adjacent to an activating group) is 1. The summed E-state index contributed by atoms with van der Waals surface area (Å²) in [6.45, 7) is 10.7. The Morgan fingerprint density at radius 1 is 0.869 bits per heavy atom. The van der Waals surface area contributed by atoms with Gasteiger partial charge >= 0.3 is 6.09 Å². The van der Waals surface area contributed by atoms with Crippen LogP contribution in [0.3, 0.4) is 0 Å². The topological polar surface area (TPSA) is 326 Å². The maximum Gasteiger partial charge on any atom is 0.411 e. The number of hydrogen-bond donors (Lipinski definition) is 8. The van der Waals surface area contributed by atoms with Crippen LogP contribution in [0.15, 0.2) is 35.1 Å². The van der Waals surface area contributed by atoms with Crippen LogP contribution in [0, 0.1) is 34.2 Å². The number of ketones is 1. The molecule has 0 saturated carbocycles. The molecule has 4 fully saturated rings. The number of thioether (sulfide) groups is 2. The largest absolute Gasteiger partial charge is 0.492 e. The summed E-state index contributed by atoms with van der Waals surface area (Å²) in [6.07, 6.45) is -14.6. The molecule has 1 aromatic carbocycles. The van der Waals surface area contributed by atoms with Crippen molar-refractivity contribution in [3.63, 3.8) is 0 Å². The van der Waals surface area contributed by atoms with E-state index in [4.69, 9.17) is 61.7 Å². The van der Waals surface area contributed by atoms with Crippen LogP contribution in [0.2, 0.25) is 0 Å². The summed E-state index contributed by atoms with van der Waals surface area (Å²) < 4.78 is 72.3. The number of ether oxygens (including phenoxy) is 12. The summed E-state index contributed by atoms with van der Waals surface area (Å²) in [6, 6.07) is -1.32. The first kappa shape index (κ1) is 67.5. The highest BCUT2D eigenvalue weighted by Crippen LogP contribution is 2.49. The lowest BCUT2D eigenvalue weighted by atomic mass is 9.75. The summed E-state index contributed by atoms with van der Waals surface area (Å²) in [5.74, 6) is 10.7. The minimum atomic E-state index is -2.16. The molecule has 2 bridgehead atoms. The standard InChI is InChI=1S/C56H74IN3O22S2/c1-12-58-31-24-75-36(22-35(31)70-7)80-49-44(65)41(26(3)77-54(49)79-34-17-15-13-14-16-19-56(69)23-33(63)42(59-55(68)74-11)39(34)30(56)18-20-83-29(6)61)60-82-37-21-32(62)51(28(5)76-37)84-52(67)38-25(2)40(57)47(50(73-10)46(38)71-8)81-53-45(66)48(72-9)43(64)27(4)78-53/h13-14,18,26-28,31-32,34-37,41,43-45,48-49,51,53-54,58,60,62,64-66,69H,12,20-24H2,1-11H3,(H,59,68)/b14-13-,30-18?/t26-,27+,28-,31+,32+,34+,35+,36+,37+,41-,43+,44+,45-,48-,49-,51-,53+,54+,56+/m1/s1. The summed E-state index contributed by atoms with van der Waals surface area (Å²) >= 11 is 3.72. The van der Waals surface area contributed by atoms with Crippen LogP contribution in [-0.2, 0) is 57.1 Å². The first-order chi connectivity index (χ1) is 40.0. The fraction of sp³-hybridized carbons (Fsp3) is 0.643. The number of amides is 1. The van der Waals surface area contributed by atoms with E-state index in [0.717, 1.165) is 30.6 Å². The van der Waals surface area contributed by atoms with Gasteiger partial charge in [0.1, 0.15) is 36.6 Å². The van der Waals surface area contributed by atoms with Gasteiger partial charge in [0.2, 0.25) is 17.2 Å². The number of hydroxylamine groups is 1. The van der Waals surface area contributed by atoms with Gasteiger partial charge in [0.15, 0.2) is 46.9 Å². The average Bonchev–Trinajstić information content (AvgIpc) is 3.34. The molecule has 4 saturated heterocycles. The number of carbonyl (C=O) groups excluding carboxylic acids is 4. The molecule has 0 spiro atoms. The number of rotatable bonds is 20. The number of Topliss-reactive ketones (excluding diaryl/α,β-unsaturated/α-hetero) is 1. The Balaban J connectivity index is 1.12. The molecular formula is C56H74IN3O22S2. The van der Waals surface area contributed by atoms with Gasteiger partial charge in [0, 0.05) is 50.9 Å². The molecule has 84 heavy (non-hydrogen) atoms. The number of nitrogens with one attached hydrogen (secondary N) is 3. The zero-order valence-corrected chi connectivity index (χ0v) is 52.0. The molecule has 1 amide bonds. The van der Waals surface area contributed by atoms with E-state index in [0.29, 0.717) is 15.7 Å². The van der Waals surface area contributed by atoms with Gasteiger partial charge in [0.05, 0.1) is 97.0 Å². The van der Waals surface area contributed by atoms with Gasteiger partial charge in [-0.2, -0.15) is 5.48 Å². The van der Waals surface area contributed by atoms with Crippen LogP contribution < -0.4 is 30.3 Å². The maximum absolute atomic E-state index is 14.4. The van der Waals surface area contributed by atoms with Crippen molar-refractivity contribution in [3.05, 3.63) is 49.8 Å². The monoisotopic (exact) mass is 1330 g/mol. The van der Waals surface area contributed by atoms with E-state index in [9.17, 15) is 44.7 Å². The number of aliphatic hydroxyl groups excluding tert-OH is 4. The Labute approximate surface area is 509 Å². The van der Waals surface area contributed by atoms with E-state index in [2.05, 4.69) is 39.8 Å². The van der Waals surface area contributed by atoms with Crippen LogP contribution in [0.1, 0.15) is 69.8 Å². The molecule has 8 N–H and O–H groups in total. The molecule has 2 aliphatic carbocycles. The number of halogens is 1. The molecule has 7 rings (SSSR count). The number of benzene rings is 1. The highest BCUT2D eigenvalue weighted by Gasteiger charge is 2.52. The fourth-order valence-electron chi connectivity index (χ4n) is 10.5. The van der Waals surface area contributed by atoms with E-state index in [-0.39, 0.29) is 76.0 Å². The zero-order chi connectivity index (χ0) is 61.3. The highest BCUT2D eigenvalue weighted by atomic mass is 127. The van der Waals surface area contributed by atoms with E-state index in [1.165, 1.54) is 46.5 Å². The highest BCUT2D eigenvalue weighted by molar-refractivity contribution is 14.1. The van der Waals surface area contributed by atoms with Crippen molar-refractivity contribution in [2.75, 3.05) is 54.5 Å². The summed E-state index contributed by atoms with van der Waals surface area (Å²) in [7, 11) is 6.72. The molecule has 0 radical (unpaired) electrons. The molecule has 25 nitrogen and oxygen atoms in total. The molecule has 6 aliphatic rings. The Kier molecular flexibility index (Phi) is 24.4. The maximum atomic E-state index is 14.4. The number of hydrogen-bond acceptors (Lipinski definition) is 26. The van der Waals surface area contributed by atoms with Crippen LogP contribution in [0.5, 0.6) is 17.2 Å². The quantitative estimate of drug-likeness (QED) is 0.0524. The number of alkyl carbamates (subject to hydrolysis) is 1. The second-order valence-electron chi connectivity index (χ2n) is 20.4. The lowest BCUT2D eigenvalue weighted by Crippen LogP contribution is -2.65. The molecule has 28 heteroatoms. The van der Waals surface area contributed by atoms with Crippen LogP contribution in [-0.4, -0.2) is 217 Å². The van der Waals surface area contributed by atoms with E-state index >= 15 is 0 Å². The average molecular weight is 1330 g/mol. The number of carbonyl (C=O) groups is 4. The van der Waals surface area contributed by atoms with Gasteiger partial charge in [-0.25, -0.2) is 4.79 Å². The summed E-state index contributed by atoms with van der Waals surface area (Å²) in [5.41, 5.74) is 0.827. The van der Waals surface area contributed by atoms with E-state index in [1.807, 2.05) is 29.5 Å². The van der Waals surface area contributed by atoms with Crippen LogP contribution in [0.4, 0.5) is 4.79 Å². The number of allylic oxidation sites excluding steroid dienone is 3. The molecular weight excluding hydrogens is 1260 g/mol. The third-order valence-electron chi connectivity index (χ3n) is 14.9. The SMILES string of the molecule is CCN[C@H]1CO[C@@H](O[C@H]2[C@H](O[C@H]3C#C/C=C\C#C[C@]4(O)CC(=O)C(NC(=O)OC)=C3C4=CCSC(C)=O)O[C@H](C)[C@@H](NO[C@H]3C[C@H](O)[C@H](SC(=O)c4c(C)c(I)c(O[C@@H]5O[C@@H](C)[C@H](O)[C@@H](OC)[C@H]5O)c(OC)c4OC)[C@@H](C)O3)[C@@H]2O)C[C@@H]1OC. The minimum Gasteiger partial charge on any atom is -0.492 e. The summed E-state index contributed by atoms with van der Waals surface area (Å²) in [4.78, 5) is 59.6. The van der Waals surface area contributed by atoms with Crippen molar-refractivity contribution in [2.45, 2.75) is 176 Å². The Morgan fingerprint density at radius 2 is 1.58 bits per heavy atom. The van der Waals surface area contributed by atoms with Crippen LogP contribution in [0.25, 0.3) is 0 Å². The Hall–Kier alpha value is -3.97. The van der Waals surface area contributed by atoms with Gasteiger partial charge in [0.25, 0.3) is 0 Å². The van der Waals surface area contributed by atoms with Crippen molar-refractivity contribution in [1.82, 2.24) is 16.1 Å². The Bertz CT molecular complexity index is 2770. The van der Waals surface area contributed by atoms with Crippen molar-refractivity contribution < 1.29 is 106 Å². The molecule has 0 unspecified atom stereocenters. The molecule has 1 aromatic rings.